The molecule has 0 aliphatic rings. The summed E-state index contributed by atoms with van der Waals surface area (Å²) in [7, 11) is 0. The minimum absolute atomic E-state index is 1.09. The first kappa shape index (κ1) is 34.1. The average Bonchev–Trinajstić information content (AvgIpc) is 3.66. The fourth-order valence-electron chi connectivity index (χ4n) is 9.87. The summed E-state index contributed by atoms with van der Waals surface area (Å²) in [6, 6.07) is 84.2. The van der Waals surface area contributed by atoms with E-state index in [1.54, 1.807) is 0 Å². The Morgan fingerprint density at radius 2 is 0.583 bits per heavy atom. The lowest BCUT2D eigenvalue weighted by Crippen LogP contribution is -2.11. The van der Waals surface area contributed by atoms with Crippen LogP contribution in [0.15, 0.2) is 231 Å². The molecule has 0 aliphatic carbocycles. The van der Waals surface area contributed by atoms with Crippen molar-refractivity contribution in [3.05, 3.63) is 231 Å². The van der Waals surface area contributed by atoms with Gasteiger partial charge in [0, 0.05) is 38.6 Å². The van der Waals surface area contributed by atoms with E-state index in [0.717, 1.165) is 22.7 Å². The predicted octanol–water partition coefficient (Wildman–Crippen LogP) is 16.2. The monoisotopic (exact) mass is 762 g/mol. The van der Waals surface area contributed by atoms with Crippen LogP contribution in [0, 0.1) is 0 Å². The zero-order valence-corrected chi connectivity index (χ0v) is 32.8. The summed E-state index contributed by atoms with van der Waals surface area (Å²) in [5.41, 5.74) is 11.9. The Morgan fingerprint density at radius 3 is 1.05 bits per heavy atom. The number of anilines is 3. The minimum atomic E-state index is 1.09. The van der Waals surface area contributed by atoms with E-state index in [2.05, 4.69) is 240 Å². The van der Waals surface area contributed by atoms with Crippen molar-refractivity contribution in [1.82, 2.24) is 4.57 Å². The number of fused-ring (bicyclic) bond motifs is 7. The predicted molar refractivity (Wildman–Crippen MR) is 256 cm³/mol. The molecule has 0 bridgehead atoms. The maximum atomic E-state index is 2.46. The highest BCUT2D eigenvalue weighted by Crippen LogP contribution is 2.52. The largest absolute Gasteiger partial charge is 0.309 e. The third kappa shape index (κ3) is 5.21. The molecule has 2 heteroatoms. The molecule has 0 fully saturated rings. The lowest BCUT2D eigenvalue weighted by atomic mass is 9.82. The molecule has 0 aliphatic heterocycles. The van der Waals surface area contributed by atoms with Gasteiger partial charge in [0.15, 0.2) is 0 Å². The Labute approximate surface area is 348 Å². The first-order valence-electron chi connectivity index (χ1n) is 20.7. The molecule has 0 saturated heterocycles. The lowest BCUT2D eigenvalue weighted by Gasteiger charge is -2.30. The second kappa shape index (κ2) is 13.9. The Kier molecular flexibility index (Phi) is 7.89. The number of aromatic nitrogens is 1. The molecule has 12 aromatic rings. The molecule has 12 rings (SSSR count). The third-order valence-corrected chi connectivity index (χ3v) is 12.3. The Morgan fingerprint density at radius 1 is 0.250 bits per heavy atom. The van der Waals surface area contributed by atoms with Gasteiger partial charge in [0.1, 0.15) is 0 Å². The molecular formula is C58H38N2. The molecule has 0 spiro atoms. The quantitative estimate of drug-likeness (QED) is 0.153. The highest BCUT2D eigenvalue weighted by atomic mass is 15.1. The van der Waals surface area contributed by atoms with Crippen LogP contribution in [0.2, 0.25) is 0 Å². The number of nitrogens with zero attached hydrogens (tertiary/aromatic N) is 2. The fraction of sp³-hybridized carbons (Fsp3) is 0. The van der Waals surface area contributed by atoms with Crippen LogP contribution in [0.4, 0.5) is 17.1 Å². The van der Waals surface area contributed by atoms with E-state index >= 15 is 0 Å². The molecule has 2 nitrogen and oxygen atoms in total. The van der Waals surface area contributed by atoms with Crippen molar-refractivity contribution in [2.45, 2.75) is 0 Å². The second-order valence-corrected chi connectivity index (χ2v) is 15.6. The first-order chi connectivity index (χ1) is 29.8. The van der Waals surface area contributed by atoms with Crippen LogP contribution < -0.4 is 4.90 Å². The summed E-state index contributed by atoms with van der Waals surface area (Å²) in [5, 5.41) is 12.4. The molecule has 0 unspecified atom stereocenters. The van der Waals surface area contributed by atoms with Crippen LogP contribution in [0.5, 0.6) is 0 Å². The summed E-state index contributed by atoms with van der Waals surface area (Å²) >= 11 is 0. The summed E-state index contributed by atoms with van der Waals surface area (Å²) < 4.78 is 2.39. The maximum absolute atomic E-state index is 2.46. The van der Waals surface area contributed by atoms with E-state index in [9.17, 15) is 0 Å². The van der Waals surface area contributed by atoms with E-state index in [1.165, 1.54) is 87.1 Å². The molecule has 0 N–H and O–H groups in total. The minimum Gasteiger partial charge on any atom is -0.309 e. The van der Waals surface area contributed by atoms with Crippen molar-refractivity contribution >= 4 is 82.0 Å². The van der Waals surface area contributed by atoms with Gasteiger partial charge in [-0.15, -0.1) is 0 Å². The van der Waals surface area contributed by atoms with Crippen molar-refractivity contribution in [2.24, 2.45) is 0 Å². The van der Waals surface area contributed by atoms with Crippen molar-refractivity contribution in [2.75, 3.05) is 4.90 Å². The van der Waals surface area contributed by atoms with Crippen LogP contribution >= 0.6 is 0 Å². The number of hydrogen-bond acceptors (Lipinski definition) is 1. The van der Waals surface area contributed by atoms with E-state index in [4.69, 9.17) is 0 Å². The standard InChI is InChI=1S/C58H38N2/c1-3-19-39(20-4-1)55-45-25-7-9-27-47(45)56(48-28-10-8-26-46(48)55)57-49-29-11-13-31-51(49)58(52-32-14-12-30-50(52)57)59(40-21-5-2-6-22-40)41-35-37-42(38-36-41)60-53-33-17-15-23-43(53)44-24-16-18-34-54(44)60/h1-38H. The maximum Gasteiger partial charge on any atom is 0.0618 e. The van der Waals surface area contributed by atoms with Gasteiger partial charge in [0.2, 0.25) is 0 Å². The average molecular weight is 763 g/mol. The molecule has 11 aromatic carbocycles. The van der Waals surface area contributed by atoms with E-state index in [-0.39, 0.29) is 0 Å². The summed E-state index contributed by atoms with van der Waals surface area (Å²) in [4.78, 5) is 2.46. The van der Waals surface area contributed by atoms with Gasteiger partial charge in [-0.1, -0.05) is 182 Å². The summed E-state index contributed by atoms with van der Waals surface area (Å²) in [6.45, 7) is 0. The molecule has 280 valence electrons. The van der Waals surface area contributed by atoms with Crippen LogP contribution in [-0.2, 0) is 0 Å². The summed E-state index contributed by atoms with van der Waals surface area (Å²) in [6.07, 6.45) is 0. The first-order valence-corrected chi connectivity index (χ1v) is 20.7. The van der Waals surface area contributed by atoms with Gasteiger partial charge in [-0.05, 0) is 103 Å². The fourth-order valence-corrected chi connectivity index (χ4v) is 9.87. The highest BCUT2D eigenvalue weighted by molar-refractivity contribution is 6.30. The topological polar surface area (TPSA) is 8.17 Å². The van der Waals surface area contributed by atoms with E-state index in [1.807, 2.05) is 0 Å². The van der Waals surface area contributed by atoms with Gasteiger partial charge >= 0.3 is 0 Å². The van der Waals surface area contributed by atoms with Gasteiger partial charge in [-0.3, -0.25) is 0 Å². The molecule has 1 heterocycles. The molecule has 0 atom stereocenters. The summed E-state index contributed by atoms with van der Waals surface area (Å²) in [5.74, 6) is 0. The zero-order chi connectivity index (χ0) is 39.6. The van der Waals surface area contributed by atoms with Crippen LogP contribution in [0.3, 0.4) is 0 Å². The molecule has 1 aromatic heterocycles. The third-order valence-electron chi connectivity index (χ3n) is 12.3. The van der Waals surface area contributed by atoms with E-state index < -0.39 is 0 Å². The molecule has 60 heavy (non-hydrogen) atoms. The normalized spacial score (nSPS) is 11.7. The second-order valence-electron chi connectivity index (χ2n) is 15.6. The van der Waals surface area contributed by atoms with Gasteiger partial charge < -0.3 is 9.47 Å². The van der Waals surface area contributed by atoms with Gasteiger partial charge in [-0.2, -0.15) is 0 Å². The van der Waals surface area contributed by atoms with Crippen molar-refractivity contribution in [3.8, 4) is 27.9 Å². The number of hydrogen-bond donors (Lipinski definition) is 0. The van der Waals surface area contributed by atoms with Gasteiger partial charge in [0.05, 0.1) is 16.7 Å². The highest BCUT2D eigenvalue weighted by Gasteiger charge is 2.25. The zero-order valence-electron chi connectivity index (χ0n) is 32.8. The number of benzene rings is 11. The lowest BCUT2D eigenvalue weighted by molar-refractivity contribution is 1.17. The van der Waals surface area contributed by atoms with Gasteiger partial charge in [-0.25, -0.2) is 0 Å². The molecule has 0 saturated carbocycles. The van der Waals surface area contributed by atoms with Crippen molar-refractivity contribution in [3.63, 3.8) is 0 Å². The smallest absolute Gasteiger partial charge is 0.0618 e. The van der Waals surface area contributed by atoms with Crippen LogP contribution in [0.1, 0.15) is 0 Å². The Hall–Kier alpha value is -7.94. The van der Waals surface area contributed by atoms with Crippen LogP contribution in [0.25, 0.3) is 92.8 Å². The SMILES string of the molecule is c1ccc(-c2c3ccccc3c(-c3c4ccccc4c(N(c4ccccc4)c4ccc(-n5c6ccccc6c6ccccc65)cc4)c4ccccc34)c3ccccc23)cc1. The van der Waals surface area contributed by atoms with Crippen molar-refractivity contribution < 1.29 is 0 Å². The molecule has 0 radical (unpaired) electrons. The van der Waals surface area contributed by atoms with Gasteiger partial charge in [0.25, 0.3) is 0 Å². The Balaban J connectivity index is 1.14. The van der Waals surface area contributed by atoms with E-state index in [0.29, 0.717) is 0 Å². The molecule has 0 amide bonds. The number of para-hydroxylation sites is 3. The Bertz CT molecular complexity index is 3420. The molecular weight excluding hydrogens is 725 g/mol. The van der Waals surface area contributed by atoms with Crippen LogP contribution in [-0.4, -0.2) is 4.57 Å². The van der Waals surface area contributed by atoms with Crippen molar-refractivity contribution in [1.29, 1.82) is 0 Å². The number of rotatable bonds is 6.